The second-order valence-corrected chi connectivity index (χ2v) is 4.59. The molecular formula is C11H21N3O3. The van der Waals surface area contributed by atoms with Gasteiger partial charge in [-0.2, -0.15) is 0 Å². The van der Waals surface area contributed by atoms with Crippen molar-refractivity contribution in [2.75, 3.05) is 19.6 Å². The van der Waals surface area contributed by atoms with Crippen LogP contribution in [0.2, 0.25) is 0 Å². The van der Waals surface area contributed by atoms with Crippen LogP contribution in [0.15, 0.2) is 0 Å². The van der Waals surface area contributed by atoms with E-state index < -0.39 is 18.0 Å². The lowest BCUT2D eigenvalue weighted by Gasteiger charge is -2.21. The highest BCUT2D eigenvalue weighted by Crippen LogP contribution is 2.07. The van der Waals surface area contributed by atoms with Crippen molar-refractivity contribution in [3.63, 3.8) is 0 Å². The predicted octanol–water partition coefficient (Wildman–Crippen LogP) is 0.243. The molecule has 98 valence electrons. The summed E-state index contributed by atoms with van der Waals surface area (Å²) in [4.78, 5) is 24.3. The fourth-order valence-electron chi connectivity index (χ4n) is 1.92. The molecule has 0 aromatic rings. The average molecular weight is 243 g/mol. The van der Waals surface area contributed by atoms with Crippen LogP contribution in [0.1, 0.15) is 26.7 Å². The van der Waals surface area contributed by atoms with E-state index >= 15 is 0 Å². The molecule has 1 fully saturated rings. The van der Waals surface area contributed by atoms with Crippen LogP contribution in [-0.4, -0.2) is 53.7 Å². The van der Waals surface area contributed by atoms with Crippen LogP contribution in [0, 0.1) is 0 Å². The molecule has 2 amide bonds. The number of likely N-dealkylation sites (tertiary alicyclic amines) is 1. The van der Waals surface area contributed by atoms with Crippen molar-refractivity contribution in [3.05, 3.63) is 0 Å². The molecule has 0 spiro atoms. The molecule has 0 aliphatic carbocycles. The molecule has 0 radical (unpaired) electrons. The van der Waals surface area contributed by atoms with Crippen LogP contribution in [0.25, 0.3) is 0 Å². The number of carboxylic acids is 1. The van der Waals surface area contributed by atoms with Gasteiger partial charge in [0, 0.05) is 12.6 Å². The fourth-order valence-corrected chi connectivity index (χ4v) is 1.92. The molecule has 0 aromatic heterocycles. The van der Waals surface area contributed by atoms with Gasteiger partial charge in [0.05, 0.1) is 0 Å². The van der Waals surface area contributed by atoms with Crippen molar-refractivity contribution in [3.8, 4) is 0 Å². The molecular weight excluding hydrogens is 222 g/mol. The molecule has 1 aliphatic rings. The smallest absolute Gasteiger partial charge is 0.325 e. The Morgan fingerprint density at radius 1 is 1.24 bits per heavy atom. The first-order valence-corrected chi connectivity index (χ1v) is 6.01. The summed E-state index contributed by atoms with van der Waals surface area (Å²) in [5.41, 5.74) is 0. The molecule has 3 N–H and O–H groups in total. The highest BCUT2D eigenvalue weighted by atomic mass is 16.4. The number of amides is 2. The Morgan fingerprint density at radius 3 is 2.35 bits per heavy atom. The van der Waals surface area contributed by atoms with Gasteiger partial charge in [-0.25, -0.2) is 4.79 Å². The van der Waals surface area contributed by atoms with E-state index in [4.69, 9.17) is 5.11 Å². The summed E-state index contributed by atoms with van der Waals surface area (Å²) in [6, 6.07) is -1.27. The van der Waals surface area contributed by atoms with Crippen molar-refractivity contribution < 1.29 is 14.7 Å². The zero-order valence-corrected chi connectivity index (χ0v) is 10.4. The van der Waals surface area contributed by atoms with Gasteiger partial charge in [-0.1, -0.05) is 0 Å². The van der Waals surface area contributed by atoms with Gasteiger partial charge in [0.2, 0.25) is 0 Å². The molecule has 1 saturated heterocycles. The second-order valence-electron chi connectivity index (χ2n) is 4.59. The zero-order chi connectivity index (χ0) is 12.8. The largest absolute Gasteiger partial charge is 0.480 e. The third-order valence-corrected chi connectivity index (χ3v) is 2.83. The number of carbonyl (C=O) groups excluding carboxylic acids is 1. The van der Waals surface area contributed by atoms with E-state index in [0.29, 0.717) is 0 Å². The minimum atomic E-state index is -1.03. The standard InChI is InChI=1S/C11H21N3O3/c1-8(7-14-5-3-4-6-14)12-11(17)13-9(2)10(15)16/h8-9H,3-7H2,1-2H3,(H,15,16)(H2,12,13,17). The van der Waals surface area contributed by atoms with Gasteiger partial charge >= 0.3 is 12.0 Å². The normalized spacial score (nSPS) is 19.6. The van der Waals surface area contributed by atoms with E-state index in [1.165, 1.54) is 19.8 Å². The van der Waals surface area contributed by atoms with Gasteiger partial charge < -0.3 is 20.6 Å². The summed E-state index contributed by atoms with van der Waals surface area (Å²) >= 11 is 0. The quantitative estimate of drug-likeness (QED) is 0.646. The monoisotopic (exact) mass is 243 g/mol. The number of hydrogen-bond donors (Lipinski definition) is 3. The number of nitrogens with zero attached hydrogens (tertiary/aromatic N) is 1. The number of urea groups is 1. The van der Waals surface area contributed by atoms with Gasteiger partial charge in [0.15, 0.2) is 0 Å². The molecule has 0 aromatic carbocycles. The maximum Gasteiger partial charge on any atom is 0.325 e. The SMILES string of the molecule is CC(CN1CCCC1)NC(=O)NC(C)C(=O)O. The van der Waals surface area contributed by atoms with Crippen LogP contribution in [0.4, 0.5) is 4.79 Å². The first kappa shape index (κ1) is 13.8. The van der Waals surface area contributed by atoms with E-state index in [1.54, 1.807) is 0 Å². The summed E-state index contributed by atoms with van der Waals surface area (Å²) in [5, 5.41) is 13.7. The zero-order valence-electron chi connectivity index (χ0n) is 10.4. The number of nitrogens with one attached hydrogen (secondary N) is 2. The lowest BCUT2D eigenvalue weighted by molar-refractivity contribution is -0.138. The molecule has 6 heteroatoms. The Bertz CT molecular complexity index is 277. The maximum atomic E-state index is 11.4. The van der Waals surface area contributed by atoms with Crippen molar-refractivity contribution in [1.82, 2.24) is 15.5 Å². The van der Waals surface area contributed by atoms with Crippen LogP contribution in [0.3, 0.4) is 0 Å². The van der Waals surface area contributed by atoms with E-state index in [0.717, 1.165) is 19.6 Å². The number of hydrogen-bond acceptors (Lipinski definition) is 3. The summed E-state index contributed by atoms with van der Waals surface area (Å²) in [7, 11) is 0. The van der Waals surface area contributed by atoms with Crippen molar-refractivity contribution in [1.29, 1.82) is 0 Å². The molecule has 0 saturated carbocycles. The predicted molar refractivity (Wildman–Crippen MR) is 63.9 cm³/mol. The van der Waals surface area contributed by atoms with Crippen LogP contribution in [0.5, 0.6) is 0 Å². The summed E-state index contributed by atoms with van der Waals surface area (Å²) in [6.45, 7) is 6.34. The minimum absolute atomic E-state index is 0.0223. The molecule has 1 heterocycles. The summed E-state index contributed by atoms with van der Waals surface area (Å²) in [5.74, 6) is -1.03. The topological polar surface area (TPSA) is 81.7 Å². The number of rotatable bonds is 5. The van der Waals surface area contributed by atoms with Gasteiger partial charge in [-0.3, -0.25) is 4.79 Å². The van der Waals surface area contributed by atoms with Crippen molar-refractivity contribution >= 4 is 12.0 Å². The van der Waals surface area contributed by atoms with Crippen LogP contribution < -0.4 is 10.6 Å². The third kappa shape index (κ3) is 5.04. The number of carbonyl (C=O) groups is 2. The van der Waals surface area contributed by atoms with Gasteiger partial charge in [0.1, 0.15) is 6.04 Å². The van der Waals surface area contributed by atoms with Gasteiger partial charge in [-0.05, 0) is 39.8 Å². The van der Waals surface area contributed by atoms with Gasteiger partial charge in [0.25, 0.3) is 0 Å². The average Bonchev–Trinajstić information content (AvgIpc) is 2.69. The number of aliphatic carboxylic acids is 1. The molecule has 17 heavy (non-hydrogen) atoms. The summed E-state index contributed by atoms with van der Waals surface area (Å²) < 4.78 is 0. The highest BCUT2D eigenvalue weighted by molar-refractivity contribution is 5.82. The Balaban J connectivity index is 2.22. The van der Waals surface area contributed by atoms with Crippen molar-refractivity contribution in [2.45, 2.75) is 38.8 Å². The molecule has 2 unspecified atom stereocenters. The second kappa shape index (κ2) is 6.44. The molecule has 1 aliphatic heterocycles. The fraction of sp³-hybridized carbons (Fsp3) is 0.818. The molecule has 0 bridgehead atoms. The Kier molecular flexibility index (Phi) is 5.21. The Hall–Kier alpha value is -1.30. The lowest BCUT2D eigenvalue weighted by Crippen LogP contribution is -2.49. The van der Waals surface area contributed by atoms with Crippen LogP contribution >= 0.6 is 0 Å². The van der Waals surface area contributed by atoms with Crippen molar-refractivity contribution in [2.24, 2.45) is 0 Å². The van der Waals surface area contributed by atoms with Gasteiger partial charge in [-0.15, -0.1) is 0 Å². The highest BCUT2D eigenvalue weighted by Gasteiger charge is 2.18. The maximum absolute atomic E-state index is 11.4. The van der Waals surface area contributed by atoms with Crippen LogP contribution in [-0.2, 0) is 4.79 Å². The molecule has 1 rings (SSSR count). The minimum Gasteiger partial charge on any atom is -0.480 e. The Morgan fingerprint density at radius 2 is 1.82 bits per heavy atom. The third-order valence-electron chi connectivity index (χ3n) is 2.83. The van der Waals surface area contributed by atoms with E-state index in [2.05, 4.69) is 15.5 Å². The number of carboxylic acid groups (broad SMARTS) is 1. The lowest BCUT2D eigenvalue weighted by atomic mass is 10.3. The first-order chi connectivity index (χ1) is 7.99. The summed E-state index contributed by atoms with van der Waals surface area (Å²) in [6.07, 6.45) is 2.43. The van der Waals surface area contributed by atoms with E-state index in [9.17, 15) is 9.59 Å². The van der Waals surface area contributed by atoms with E-state index in [-0.39, 0.29) is 6.04 Å². The molecule has 2 atom stereocenters. The van der Waals surface area contributed by atoms with E-state index in [1.807, 2.05) is 6.92 Å². The molecule has 6 nitrogen and oxygen atoms in total. The first-order valence-electron chi connectivity index (χ1n) is 6.01. The Labute approximate surface area is 101 Å².